The van der Waals surface area contributed by atoms with E-state index >= 15 is 0 Å². The molecule has 2 N–H and O–H groups in total. The third-order valence-corrected chi connectivity index (χ3v) is 3.61. The van der Waals surface area contributed by atoms with E-state index < -0.39 is 0 Å². The van der Waals surface area contributed by atoms with E-state index in [1.807, 2.05) is 29.7 Å². The average Bonchev–Trinajstić information content (AvgIpc) is 2.86. The molecule has 114 valence electrons. The van der Waals surface area contributed by atoms with Crippen LogP contribution < -0.4 is 10.6 Å². The predicted octanol–water partition coefficient (Wildman–Crippen LogP) is 1.89. The van der Waals surface area contributed by atoms with Crippen molar-refractivity contribution in [1.29, 1.82) is 0 Å². The molecule has 20 heavy (non-hydrogen) atoms. The summed E-state index contributed by atoms with van der Waals surface area (Å²) in [5, 5.41) is 10.9. The molecule has 0 bridgehead atoms. The van der Waals surface area contributed by atoms with Gasteiger partial charge >= 0.3 is 0 Å². The normalized spacial score (nSPS) is 11.7. The molecule has 0 aliphatic heterocycles. The highest BCUT2D eigenvalue weighted by atomic mass is 32.2. The molecule has 1 heterocycles. The standard InChI is InChI=1S/C14H27N5S/c1-13-11-18-19(12-13)9-6-8-17-14(15-2)16-7-4-5-10-20-3/h11-12H,4-10H2,1-3H3,(H2,15,16,17). The van der Waals surface area contributed by atoms with E-state index in [9.17, 15) is 0 Å². The van der Waals surface area contributed by atoms with E-state index in [0.717, 1.165) is 32.0 Å². The summed E-state index contributed by atoms with van der Waals surface area (Å²) in [4.78, 5) is 4.22. The number of guanidine groups is 1. The van der Waals surface area contributed by atoms with Crippen LogP contribution in [-0.4, -0.2) is 47.9 Å². The van der Waals surface area contributed by atoms with Crippen LogP contribution in [0.2, 0.25) is 0 Å². The summed E-state index contributed by atoms with van der Waals surface area (Å²) in [6.45, 7) is 4.89. The van der Waals surface area contributed by atoms with Crippen LogP contribution in [0.25, 0.3) is 0 Å². The van der Waals surface area contributed by atoms with Crippen molar-refractivity contribution in [3.05, 3.63) is 18.0 Å². The summed E-state index contributed by atoms with van der Waals surface area (Å²) in [6.07, 6.45) is 9.59. The van der Waals surface area contributed by atoms with Gasteiger partial charge in [0, 0.05) is 32.9 Å². The Bertz CT molecular complexity index is 389. The lowest BCUT2D eigenvalue weighted by molar-refractivity contribution is 0.569. The van der Waals surface area contributed by atoms with E-state index in [4.69, 9.17) is 0 Å². The van der Waals surface area contributed by atoms with Gasteiger partial charge in [0.15, 0.2) is 5.96 Å². The summed E-state index contributed by atoms with van der Waals surface area (Å²) in [5.74, 6) is 2.13. The molecule has 0 aliphatic carbocycles. The van der Waals surface area contributed by atoms with Gasteiger partial charge in [0.05, 0.1) is 6.20 Å². The summed E-state index contributed by atoms with van der Waals surface area (Å²) in [7, 11) is 1.81. The Kier molecular flexibility index (Phi) is 8.95. The second-order valence-electron chi connectivity index (χ2n) is 4.76. The molecule has 5 nitrogen and oxygen atoms in total. The molecule has 0 spiro atoms. The van der Waals surface area contributed by atoms with Crippen molar-refractivity contribution in [2.75, 3.05) is 32.1 Å². The molecule has 0 radical (unpaired) electrons. The molecule has 6 heteroatoms. The summed E-state index contributed by atoms with van der Waals surface area (Å²) >= 11 is 1.90. The molecule has 0 aliphatic rings. The van der Waals surface area contributed by atoms with Gasteiger partial charge in [0.2, 0.25) is 0 Å². The highest BCUT2D eigenvalue weighted by Crippen LogP contribution is 1.98. The number of aryl methyl sites for hydroxylation is 2. The van der Waals surface area contributed by atoms with Gasteiger partial charge in [-0.1, -0.05) is 0 Å². The fraction of sp³-hybridized carbons (Fsp3) is 0.714. The summed E-state index contributed by atoms with van der Waals surface area (Å²) in [5.41, 5.74) is 1.21. The Morgan fingerprint density at radius 1 is 1.30 bits per heavy atom. The van der Waals surface area contributed by atoms with Crippen LogP contribution in [0, 0.1) is 6.92 Å². The maximum atomic E-state index is 4.27. The summed E-state index contributed by atoms with van der Waals surface area (Å²) in [6, 6.07) is 0. The molecule has 1 rings (SSSR count). The zero-order chi connectivity index (χ0) is 14.6. The maximum absolute atomic E-state index is 4.27. The Balaban J connectivity index is 2.06. The number of hydrogen-bond acceptors (Lipinski definition) is 3. The van der Waals surface area contributed by atoms with Crippen LogP contribution in [0.3, 0.4) is 0 Å². The van der Waals surface area contributed by atoms with E-state index in [0.29, 0.717) is 0 Å². The van der Waals surface area contributed by atoms with Gasteiger partial charge in [-0.25, -0.2) is 0 Å². The minimum Gasteiger partial charge on any atom is -0.356 e. The van der Waals surface area contributed by atoms with Crippen molar-refractivity contribution in [3.63, 3.8) is 0 Å². The second-order valence-corrected chi connectivity index (χ2v) is 5.75. The smallest absolute Gasteiger partial charge is 0.190 e. The molecule has 0 aromatic carbocycles. The first-order chi connectivity index (χ1) is 9.76. The highest BCUT2D eigenvalue weighted by molar-refractivity contribution is 7.98. The Morgan fingerprint density at radius 3 is 2.65 bits per heavy atom. The molecule has 0 atom stereocenters. The SMILES string of the molecule is CN=C(NCCCCSC)NCCCn1cc(C)cn1. The Labute approximate surface area is 126 Å². The fourth-order valence-corrected chi connectivity index (χ4v) is 2.33. The van der Waals surface area contributed by atoms with Crippen LogP contribution in [0.4, 0.5) is 0 Å². The third kappa shape index (κ3) is 7.43. The lowest BCUT2D eigenvalue weighted by atomic mass is 10.3. The number of thioether (sulfide) groups is 1. The molecule has 0 saturated carbocycles. The van der Waals surface area contributed by atoms with Crippen LogP contribution in [0.15, 0.2) is 17.4 Å². The van der Waals surface area contributed by atoms with Gasteiger partial charge in [-0.15, -0.1) is 0 Å². The number of unbranched alkanes of at least 4 members (excludes halogenated alkanes) is 1. The quantitative estimate of drug-likeness (QED) is 0.415. The maximum Gasteiger partial charge on any atom is 0.190 e. The first-order valence-electron chi connectivity index (χ1n) is 7.18. The van der Waals surface area contributed by atoms with Crippen molar-refractivity contribution in [1.82, 2.24) is 20.4 Å². The first kappa shape index (κ1) is 16.9. The number of nitrogens with zero attached hydrogens (tertiary/aromatic N) is 3. The molecule has 0 amide bonds. The molecular weight excluding hydrogens is 270 g/mol. The van der Waals surface area contributed by atoms with Crippen LogP contribution in [0.1, 0.15) is 24.8 Å². The Hall–Kier alpha value is -1.17. The van der Waals surface area contributed by atoms with Gasteiger partial charge in [-0.2, -0.15) is 16.9 Å². The van der Waals surface area contributed by atoms with Gasteiger partial charge in [0.25, 0.3) is 0 Å². The number of aliphatic imine (C=N–C) groups is 1. The van der Waals surface area contributed by atoms with Crippen molar-refractivity contribution >= 4 is 17.7 Å². The van der Waals surface area contributed by atoms with E-state index in [-0.39, 0.29) is 0 Å². The van der Waals surface area contributed by atoms with Crippen molar-refractivity contribution in [2.45, 2.75) is 32.7 Å². The number of aromatic nitrogens is 2. The number of nitrogens with one attached hydrogen (secondary N) is 2. The zero-order valence-corrected chi connectivity index (χ0v) is 13.7. The van der Waals surface area contributed by atoms with Crippen LogP contribution in [-0.2, 0) is 6.54 Å². The number of rotatable bonds is 9. The summed E-state index contributed by atoms with van der Waals surface area (Å²) < 4.78 is 1.98. The lowest BCUT2D eigenvalue weighted by Crippen LogP contribution is -2.38. The molecule has 1 aromatic heterocycles. The molecule has 1 aromatic rings. The highest BCUT2D eigenvalue weighted by Gasteiger charge is 1.98. The second kappa shape index (κ2) is 10.6. The van der Waals surface area contributed by atoms with Crippen molar-refractivity contribution < 1.29 is 0 Å². The molecule has 0 unspecified atom stereocenters. The third-order valence-electron chi connectivity index (χ3n) is 2.91. The van der Waals surface area contributed by atoms with Crippen molar-refractivity contribution in [2.24, 2.45) is 4.99 Å². The van der Waals surface area contributed by atoms with E-state index in [1.54, 1.807) is 0 Å². The molecule has 0 saturated heterocycles. The minimum absolute atomic E-state index is 0.894. The van der Waals surface area contributed by atoms with Gasteiger partial charge in [-0.05, 0) is 43.8 Å². The number of hydrogen-bond donors (Lipinski definition) is 2. The van der Waals surface area contributed by atoms with E-state index in [2.05, 4.69) is 40.1 Å². The van der Waals surface area contributed by atoms with Crippen LogP contribution in [0.5, 0.6) is 0 Å². The topological polar surface area (TPSA) is 54.2 Å². The monoisotopic (exact) mass is 297 g/mol. The minimum atomic E-state index is 0.894. The molecular formula is C14H27N5S. The van der Waals surface area contributed by atoms with Gasteiger partial charge < -0.3 is 10.6 Å². The van der Waals surface area contributed by atoms with Gasteiger partial charge in [-0.3, -0.25) is 9.67 Å². The van der Waals surface area contributed by atoms with Crippen LogP contribution >= 0.6 is 11.8 Å². The van der Waals surface area contributed by atoms with Gasteiger partial charge in [0.1, 0.15) is 0 Å². The predicted molar refractivity (Wildman–Crippen MR) is 88.6 cm³/mol. The fourth-order valence-electron chi connectivity index (χ4n) is 1.84. The first-order valence-corrected chi connectivity index (χ1v) is 8.58. The Morgan fingerprint density at radius 2 is 2.05 bits per heavy atom. The largest absolute Gasteiger partial charge is 0.356 e. The lowest BCUT2D eigenvalue weighted by Gasteiger charge is -2.11. The molecule has 0 fully saturated rings. The zero-order valence-electron chi connectivity index (χ0n) is 12.9. The van der Waals surface area contributed by atoms with Crippen molar-refractivity contribution in [3.8, 4) is 0 Å². The van der Waals surface area contributed by atoms with E-state index in [1.165, 1.54) is 24.2 Å². The average molecular weight is 297 g/mol.